The Kier molecular flexibility index (Phi) is 12.9. The molecule has 70 heavy (non-hydrogen) atoms. The second-order valence-corrected chi connectivity index (χ2v) is 17.1. The van der Waals surface area contributed by atoms with Crippen LogP contribution < -0.4 is 0 Å². The lowest BCUT2D eigenvalue weighted by Gasteiger charge is -2.25. The van der Waals surface area contributed by atoms with E-state index in [0.29, 0.717) is 73.5 Å². The highest BCUT2D eigenvalue weighted by atomic mass is 19.4. The summed E-state index contributed by atoms with van der Waals surface area (Å²) in [6.45, 7) is 8.64. The van der Waals surface area contributed by atoms with Crippen molar-refractivity contribution in [3.8, 4) is 11.4 Å². The van der Waals surface area contributed by atoms with Crippen molar-refractivity contribution < 1.29 is 35.1 Å². The molecule has 0 aliphatic carbocycles. The van der Waals surface area contributed by atoms with Crippen LogP contribution >= 0.6 is 0 Å². The number of alkyl halides is 6. The monoisotopic (exact) mass is 964 g/mol. The minimum Gasteiger partial charge on any atom is -0.304 e. The molecule has 0 spiro atoms. The Morgan fingerprint density at radius 1 is 0.529 bits per heavy atom. The van der Waals surface area contributed by atoms with Crippen LogP contribution in [-0.4, -0.2) is 58.6 Å². The number of aromatic nitrogens is 12. The largest absolute Gasteiger partial charge is 0.416 e. The van der Waals surface area contributed by atoms with Gasteiger partial charge in [0.1, 0.15) is 23.3 Å². The highest BCUT2D eigenvalue weighted by molar-refractivity contribution is 5.66. The van der Waals surface area contributed by atoms with Crippen LogP contribution in [0, 0.1) is 39.3 Å². The van der Waals surface area contributed by atoms with Gasteiger partial charge in [0, 0.05) is 48.4 Å². The molecule has 2 atom stereocenters. The Bertz CT molecular complexity index is 3050. The zero-order valence-corrected chi connectivity index (χ0v) is 38.2. The molecule has 0 amide bonds. The predicted molar refractivity (Wildman–Crippen MR) is 245 cm³/mol. The van der Waals surface area contributed by atoms with Gasteiger partial charge in [0.05, 0.1) is 69.3 Å². The molecule has 0 saturated carbocycles. The van der Waals surface area contributed by atoms with Crippen molar-refractivity contribution >= 4 is 24.3 Å². The molecule has 0 saturated heterocycles. The van der Waals surface area contributed by atoms with Crippen LogP contribution in [0.4, 0.5) is 35.1 Å². The molecule has 8 heterocycles. The lowest BCUT2D eigenvalue weighted by molar-refractivity contribution is -0.139. The Morgan fingerprint density at radius 2 is 0.943 bits per heavy atom. The normalized spacial score (nSPS) is 16.1. The maximum atomic E-state index is 14.6. The van der Waals surface area contributed by atoms with Gasteiger partial charge in [0.2, 0.25) is 0 Å². The molecule has 0 radical (unpaired) electrons. The Hall–Kier alpha value is -7.64. The second kappa shape index (κ2) is 19.0. The number of aryl methyl sites for hydroxylation is 6. The number of benzene rings is 2. The van der Waals surface area contributed by atoms with Crippen LogP contribution in [0.15, 0.2) is 85.7 Å². The van der Waals surface area contributed by atoms with Gasteiger partial charge in [-0.15, -0.1) is 0 Å². The summed E-state index contributed by atoms with van der Waals surface area (Å²) in [6, 6.07) is 13.7. The van der Waals surface area contributed by atoms with Gasteiger partial charge < -0.3 is 9.13 Å². The number of pyridine rings is 2. The third kappa shape index (κ3) is 9.93. The van der Waals surface area contributed by atoms with Crippen molar-refractivity contribution in [1.29, 1.82) is 0 Å². The number of rotatable bonds is 8. The molecule has 6 aromatic heterocycles. The molecule has 12 nitrogen and oxygen atoms in total. The molecule has 0 bridgehead atoms. The van der Waals surface area contributed by atoms with E-state index in [-0.39, 0.29) is 11.1 Å². The molecular weight excluding hydrogens is 921 g/mol. The fourth-order valence-corrected chi connectivity index (χ4v) is 9.01. The third-order valence-corrected chi connectivity index (χ3v) is 12.1. The van der Waals surface area contributed by atoms with Crippen molar-refractivity contribution in [3.63, 3.8) is 0 Å². The van der Waals surface area contributed by atoms with Crippen LogP contribution in [-0.2, 0) is 25.4 Å². The van der Waals surface area contributed by atoms with Crippen molar-refractivity contribution in [3.05, 3.63) is 177 Å². The summed E-state index contributed by atoms with van der Waals surface area (Å²) in [5.41, 5.74) is 3.92. The van der Waals surface area contributed by atoms with Crippen LogP contribution in [0.25, 0.3) is 35.7 Å². The number of imidazole rings is 2. The molecule has 20 heteroatoms. The van der Waals surface area contributed by atoms with Crippen molar-refractivity contribution in [2.45, 2.75) is 90.7 Å². The molecule has 0 unspecified atom stereocenters. The van der Waals surface area contributed by atoms with E-state index in [1.165, 1.54) is 0 Å². The Morgan fingerprint density at radius 3 is 1.30 bits per heavy atom. The first-order valence-electron chi connectivity index (χ1n) is 22.4. The van der Waals surface area contributed by atoms with Gasteiger partial charge in [-0.25, -0.2) is 38.1 Å². The number of fused-ring (bicyclic) bond motifs is 2. The molecule has 360 valence electrons. The summed E-state index contributed by atoms with van der Waals surface area (Å²) in [4.78, 5) is 26.6. The van der Waals surface area contributed by atoms with E-state index in [2.05, 4.69) is 40.1 Å². The number of nitrogens with zero attached hydrogens (tertiary/aromatic N) is 12. The number of hydrogen-bond acceptors (Lipinski definition) is 8. The zero-order chi connectivity index (χ0) is 49.5. The van der Waals surface area contributed by atoms with E-state index in [9.17, 15) is 35.1 Å². The fourth-order valence-electron chi connectivity index (χ4n) is 9.01. The van der Waals surface area contributed by atoms with Crippen molar-refractivity contribution in [2.24, 2.45) is 0 Å². The van der Waals surface area contributed by atoms with E-state index >= 15 is 0 Å². The van der Waals surface area contributed by atoms with Crippen molar-refractivity contribution in [2.75, 3.05) is 0 Å². The molecule has 0 fully saturated rings. The smallest absolute Gasteiger partial charge is 0.304 e. The maximum Gasteiger partial charge on any atom is 0.416 e. The van der Waals surface area contributed by atoms with E-state index in [1.54, 1.807) is 46.3 Å². The first-order valence-corrected chi connectivity index (χ1v) is 22.4. The molecule has 2 aliphatic rings. The van der Waals surface area contributed by atoms with Gasteiger partial charge in [0.15, 0.2) is 11.6 Å². The predicted octanol–water partition coefficient (Wildman–Crippen LogP) is 11.5. The van der Waals surface area contributed by atoms with Gasteiger partial charge in [-0.1, -0.05) is 12.1 Å². The SMILES string of the molecule is Cc1cn(-c2ccc(/C=C/c3nc4n(n3)CCC[C@@H]4c3c(F)cccc3C(F)(F)F)nc2C)cn1.Cc1cn(-c2ccc(/C=C/c3nc4n(n3)CCC[C@H]4c3c(F)cccc3C(F)(F)F)nc2C)cn1. The lowest BCUT2D eigenvalue weighted by atomic mass is 9.87. The van der Waals surface area contributed by atoms with Crippen LogP contribution in [0.2, 0.25) is 0 Å². The minimum absolute atomic E-state index is 0.335. The van der Waals surface area contributed by atoms with Gasteiger partial charge in [-0.2, -0.15) is 36.5 Å². The van der Waals surface area contributed by atoms with Gasteiger partial charge in [-0.05, 0) is 126 Å². The van der Waals surface area contributed by atoms with Gasteiger partial charge in [0.25, 0.3) is 0 Å². The van der Waals surface area contributed by atoms with Crippen LogP contribution in [0.1, 0.15) is 117 Å². The average Bonchev–Trinajstić information content (AvgIpc) is 4.14. The molecular formula is C50H44F8N12. The van der Waals surface area contributed by atoms with E-state index in [0.717, 1.165) is 70.5 Å². The third-order valence-electron chi connectivity index (χ3n) is 12.1. The lowest BCUT2D eigenvalue weighted by Crippen LogP contribution is -2.22. The summed E-state index contributed by atoms with van der Waals surface area (Å²) in [5.74, 6) is -2.07. The van der Waals surface area contributed by atoms with Crippen LogP contribution in [0.5, 0.6) is 0 Å². The number of hydrogen-bond donors (Lipinski definition) is 0. The molecule has 2 aliphatic heterocycles. The molecule has 0 N–H and O–H groups in total. The summed E-state index contributed by atoms with van der Waals surface area (Å²) in [6.07, 6.45) is 6.66. The first-order chi connectivity index (χ1) is 33.4. The van der Waals surface area contributed by atoms with E-state index in [4.69, 9.17) is 0 Å². The van der Waals surface area contributed by atoms with E-state index < -0.39 is 46.9 Å². The van der Waals surface area contributed by atoms with Crippen molar-refractivity contribution in [1.82, 2.24) is 58.6 Å². The maximum absolute atomic E-state index is 14.6. The summed E-state index contributed by atoms with van der Waals surface area (Å²) < 4.78 is 118. The molecule has 10 rings (SSSR count). The highest BCUT2D eigenvalue weighted by Crippen LogP contribution is 2.43. The standard InChI is InChI=1S/2C25H22F4N6/c2*1-15-13-34(14-30-15)21-10-8-17(31-16(21)2)9-11-22-32-24-18(5-4-12-35(24)33-22)23-19(25(27,28)29)6-3-7-20(23)26/h2*3,6-11,13-14,18H,4-5,12H2,1-2H3/b2*11-9+/t2*18-/m10/s1. The van der Waals surface area contributed by atoms with Gasteiger partial charge >= 0.3 is 12.4 Å². The van der Waals surface area contributed by atoms with E-state index in [1.807, 2.05) is 73.5 Å². The Balaban J connectivity index is 0.000000174. The topological polar surface area (TPSA) is 123 Å². The number of halogens is 8. The second-order valence-electron chi connectivity index (χ2n) is 17.1. The highest BCUT2D eigenvalue weighted by Gasteiger charge is 2.41. The fraction of sp³-hybridized carbons (Fsp3) is 0.280. The average molecular weight is 965 g/mol. The summed E-state index contributed by atoms with van der Waals surface area (Å²) >= 11 is 0. The van der Waals surface area contributed by atoms with Crippen LogP contribution in [0.3, 0.4) is 0 Å². The minimum atomic E-state index is -4.66. The summed E-state index contributed by atoms with van der Waals surface area (Å²) in [5, 5.41) is 8.86. The zero-order valence-electron chi connectivity index (χ0n) is 38.2. The molecule has 2 aromatic carbocycles. The summed E-state index contributed by atoms with van der Waals surface area (Å²) in [7, 11) is 0. The van der Waals surface area contributed by atoms with Gasteiger partial charge in [-0.3, -0.25) is 9.97 Å². The quantitative estimate of drug-likeness (QED) is 0.138. The first kappa shape index (κ1) is 47.4. The molecule has 8 aromatic rings. The Labute approximate surface area is 396 Å².